The molecule has 27 heavy (non-hydrogen) atoms. The van der Waals surface area contributed by atoms with Gasteiger partial charge in [0, 0.05) is 19.3 Å². The molecule has 5 nitrogen and oxygen atoms in total. The Morgan fingerprint density at radius 1 is 1.15 bits per heavy atom. The average Bonchev–Trinajstić information content (AvgIpc) is 2.64. The highest BCUT2D eigenvalue weighted by molar-refractivity contribution is 7.80. The van der Waals surface area contributed by atoms with Gasteiger partial charge in [-0.1, -0.05) is 6.07 Å². The summed E-state index contributed by atoms with van der Waals surface area (Å²) in [6.07, 6.45) is 0. The SMILES string of the molecule is CCOc1ccc(NC(=S)N(C)Cc2ccc(OC(F)F)c(OC)c2)cc1. The Labute approximate surface area is 162 Å². The van der Waals surface area contributed by atoms with Crippen molar-refractivity contribution in [2.75, 3.05) is 26.1 Å². The number of hydrogen-bond donors (Lipinski definition) is 1. The van der Waals surface area contributed by atoms with Crippen molar-refractivity contribution in [3.8, 4) is 17.2 Å². The van der Waals surface area contributed by atoms with Gasteiger partial charge in [0.15, 0.2) is 16.6 Å². The second-order valence-corrected chi connectivity index (χ2v) is 5.99. The molecular weight excluding hydrogens is 374 g/mol. The van der Waals surface area contributed by atoms with Crippen LogP contribution in [-0.4, -0.2) is 37.4 Å². The van der Waals surface area contributed by atoms with Crippen LogP contribution in [0.5, 0.6) is 17.2 Å². The van der Waals surface area contributed by atoms with E-state index in [1.807, 2.05) is 43.1 Å². The molecule has 0 saturated heterocycles. The van der Waals surface area contributed by atoms with Crippen molar-refractivity contribution in [1.29, 1.82) is 0 Å². The molecule has 0 unspecified atom stereocenters. The molecule has 146 valence electrons. The first-order valence-electron chi connectivity index (χ1n) is 8.29. The Hall–Kier alpha value is -2.61. The lowest BCUT2D eigenvalue weighted by molar-refractivity contribution is -0.0512. The van der Waals surface area contributed by atoms with Crippen molar-refractivity contribution in [2.24, 2.45) is 0 Å². The number of methoxy groups -OCH3 is 1. The van der Waals surface area contributed by atoms with Crippen LogP contribution in [0, 0.1) is 0 Å². The number of halogens is 2. The zero-order valence-corrected chi connectivity index (χ0v) is 16.2. The molecule has 2 aromatic rings. The van der Waals surface area contributed by atoms with Gasteiger partial charge in [0.05, 0.1) is 13.7 Å². The Balaban J connectivity index is 1.99. The van der Waals surface area contributed by atoms with Crippen molar-refractivity contribution < 1.29 is 23.0 Å². The van der Waals surface area contributed by atoms with Gasteiger partial charge in [-0.05, 0) is 61.1 Å². The van der Waals surface area contributed by atoms with Gasteiger partial charge in [-0.25, -0.2) is 0 Å². The first-order valence-corrected chi connectivity index (χ1v) is 8.70. The van der Waals surface area contributed by atoms with E-state index in [1.54, 1.807) is 12.1 Å². The molecule has 2 rings (SSSR count). The molecule has 0 aliphatic heterocycles. The van der Waals surface area contributed by atoms with Gasteiger partial charge in [0.1, 0.15) is 5.75 Å². The van der Waals surface area contributed by atoms with Gasteiger partial charge in [0.25, 0.3) is 0 Å². The van der Waals surface area contributed by atoms with Crippen molar-refractivity contribution in [1.82, 2.24) is 4.90 Å². The summed E-state index contributed by atoms with van der Waals surface area (Å²) in [5.74, 6) is 1.03. The van der Waals surface area contributed by atoms with E-state index < -0.39 is 6.61 Å². The molecular formula is C19H22F2N2O3S. The third-order valence-electron chi connectivity index (χ3n) is 3.63. The minimum atomic E-state index is -2.90. The summed E-state index contributed by atoms with van der Waals surface area (Å²) in [6.45, 7) is 0.0997. The fourth-order valence-corrected chi connectivity index (χ4v) is 2.55. The predicted octanol–water partition coefficient (Wildman–Crippen LogP) is 4.52. The smallest absolute Gasteiger partial charge is 0.387 e. The Kier molecular flexibility index (Phi) is 7.60. The van der Waals surface area contributed by atoms with Crippen LogP contribution >= 0.6 is 12.2 Å². The number of anilines is 1. The highest BCUT2D eigenvalue weighted by atomic mass is 32.1. The van der Waals surface area contributed by atoms with Gasteiger partial charge < -0.3 is 24.4 Å². The molecule has 0 fully saturated rings. The van der Waals surface area contributed by atoms with Crippen LogP contribution in [0.15, 0.2) is 42.5 Å². The minimum Gasteiger partial charge on any atom is -0.494 e. The molecule has 0 radical (unpaired) electrons. The Bertz CT molecular complexity index is 757. The monoisotopic (exact) mass is 396 g/mol. The van der Waals surface area contributed by atoms with Crippen LogP contribution < -0.4 is 19.5 Å². The van der Waals surface area contributed by atoms with Crippen molar-refractivity contribution in [2.45, 2.75) is 20.1 Å². The summed E-state index contributed by atoms with van der Waals surface area (Å²) >= 11 is 5.41. The maximum absolute atomic E-state index is 12.4. The van der Waals surface area contributed by atoms with Crippen LogP contribution in [0.25, 0.3) is 0 Å². The number of thiocarbonyl (C=S) groups is 1. The van der Waals surface area contributed by atoms with Crippen LogP contribution in [0.2, 0.25) is 0 Å². The summed E-state index contributed by atoms with van der Waals surface area (Å²) in [5.41, 5.74) is 1.68. The average molecular weight is 396 g/mol. The van der Waals surface area contributed by atoms with E-state index in [1.165, 1.54) is 13.2 Å². The fourth-order valence-electron chi connectivity index (χ4n) is 2.37. The van der Waals surface area contributed by atoms with E-state index in [0.717, 1.165) is 17.0 Å². The van der Waals surface area contributed by atoms with Crippen LogP contribution in [0.1, 0.15) is 12.5 Å². The molecule has 0 aliphatic carbocycles. The Morgan fingerprint density at radius 2 is 1.85 bits per heavy atom. The third kappa shape index (κ3) is 6.25. The Morgan fingerprint density at radius 3 is 2.44 bits per heavy atom. The number of benzene rings is 2. The number of nitrogens with one attached hydrogen (secondary N) is 1. The molecule has 8 heteroatoms. The summed E-state index contributed by atoms with van der Waals surface area (Å²) in [6, 6.07) is 12.3. The normalized spacial score (nSPS) is 10.4. The first-order chi connectivity index (χ1) is 12.9. The molecule has 0 saturated carbocycles. The zero-order chi connectivity index (χ0) is 19.8. The first kappa shape index (κ1) is 20.7. The van der Waals surface area contributed by atoms with Crippen molar-refractivity contribution in [3.05, 3.63) is 48.0 Å². The molecule has 2 aromatic carbocycles. The fraction of sp³-hybridized carbons (Fsp3) is 0.316. The maximum Gasteiger partial charge on any atom is 0.387 e. The number of hydrogen-bond acceptors (Lipinski definition) is 4. The zero-order valence-electron chi connectivity index (χ0n) is 15.4. The highest BCUT2D eigenvalue weighted by Gasteiger charge is 2.13. The molecule has 0 heterocycles. The van der Waals surface area contributed by atoms with E-state index in [2.05, 4.69) is 10.1 Å². The number of alkyl halides is 2. The van der Waals surface area contributed by atoms with Crippen LogP contribution in [0.3, 0.4) is 0 Å². The topological polar surface area (TPSA) is 43.0 Å². The van der Waals surface area contributed by atoms with E-state index in [-0.39, 0.29) is 11.5 Å². The predicted molar refractivity (Wildman–Crippen MR) is 105 cm³/mol. The highest BCUT2D eigenvalue weighted by Crippen LogP contribution is 2.29. The summed E-state index contributed by atoms with van der Waals surface area (Å²) in [7, 11) is 3.24. The lowest BCUT2D eigenvalue weighted by atomic mass is 10.2. The number of ether oxygens (including phenoxy) is 3. The lowest BCUT2D eigenvalue weighted by Crippen LogP contribution is -2.30. The van der Waals surface area contributed by atoms with Crippen molar-refractivity contribution in [3.63, 3.8) is 0 Å². The molecule has 0 atom stereocenters. The molecule has 1 N–H and O–H groups in total. The second-order valence-electron chi connectivity index (χ2n) is 5.61. The third-order valence-corrected chi connectivity index (χ3v) is 4.04. The summed E-state index contributed by atoms with van der Waals surface area (Å²) in [4.78, 5) is 1.83. The molecule has 0 spiro atoms. The number of rotatable bonds is 8. The molecule has 0 aromatic heterocycles. The van der Waals surface area contributed by atoms with Crippen LogP contribution in [0.4, 0.5) is 14.5 Å². The second kappa shape index (κ2) is 9.91. The molecule has 0 aliphatic rings. The van der Waals surface area contributed by atoms with Gasteiger partial charge >= 0.3 is 6.61 Å². The van der Waals surface area contributed by atoms with E-state index in [4.69, 9.17) is 21.7 Å². The lowest BCUT2D eigenvalue weighted by Gasteiger charge is -2.22. The largest absolute Gasteiger partial charge is 0.494 e. The maximum atomic E-state index is 12.4. The summed E-state index contributed by atoms with van der Waals surface area (Å²) in [5, 5.41) is 3.66. The van der Waals surface area contributed by atoms with Gasteiger partial charge in [-0.3, -0.25) is 0 Å². The van der Waals surface area contributed by atoms with Crippen molar-refractivity contribution >= 4 is 23.0 Å². The van der Waals surface area contributed by atoms with E-state index in [0.29, 0.717) is 18.3 Å². The van der Waals surface area contributed by atoms with Gasteiger partial charge in [-0.15, -0.1) is 0 Å². The standard InChI is InChI=1S/C19H22F2N2O3S/c1-4-25-15-8-6-14(7-9-15)22-19(27)23(2)12-13-5-10-16(26-18(20)21)17(11-13)24-3/h5-11,18H,4,12H2,1-3H3,(H,22,27). The summed E-state index contributed by atoms with van der Waals surface area (Å²) < 4.78 is 39.8. The molecule has 0 bridgehead atoms. The van der Waals surface area contributed by atoms with Crippen LogP contribution in [-0.2, 0) is 6.54 Å². The van der Waals surface area contributed by atoms with Gasteiger partial charge in [0.2, 0.25) is 0 Å². The number of nitrogens with zero attached hydrogens (tertiary/aromatic N) is 1. The minimum absolute atomic E-state index is 0.00556. The van der Waals surface area contributed by atoms with E-state index in [9.17, 15) is 8.78 Å². The van der Waals surface area contributed by atoms with E-state index >= 15 is 0 Å². The molecule has 0 amide bonds. The quantitative estimate of drug-likeness (QED) is 0.662. The van der Waals surface area contributed by atoms with Gasteiger partial charge in [-0.2, -0.15) is 8.78 Å².